The van der Waals surface area contributed by atoms with Gasteiger partial charge in [0.25, 0.3) is 0 Å². The SMILES string of the molecule is Oc1c2cccc1CC=CCc1cccc(c1O)C=NCCN=C2. The van der Waals surface area contributed by atoms with Crippen molar-refractivity contribution in [3.8, 4) is 11.5 Å². The zero-order valence-corrected chi connectivity index (χ0v) is 13.4. The van der Waals surface area contributed by atoms with Gasteiger partial charge in [-0.15, -0.1) is 0 Å². The van der Waals surface area contributed by atoms with Gasteiger partial charge in [-0.2, -0.15) is 0 Å². The molecule has 24 heavy (non-hydrogen) atoms. The second kappa shape index (κ2) is 7.59. The standard InChI is InChI=1S/C20H20N2O2/c23-19-15-5-1-2-6-16-8-4-10-18(20(16)24)14-22-12-11-21-13-17(19)9-3-7-15/h1-4,7-10,13-14,23-24H,5-6,11-12H2. The van der Waals surface area contributed by atoms with E-state index in [2.05, 4.69) is 9.98 Å². The van der Waals surface area contributed by atoms with E-state index in [4.69, 9.17) is 0 Å². The molecule has 0 atom stereocenters. The Morgan fingerprint density at radius 3 is 1.58 bits per heavy atom. The highest BCUT2D eigenvalue weighted by atomic mass is 16.3. The van der Waals surface area contributed by atoms with E-state index < -0.39 is 0 Å². The van der Waals surface area contributed by atoms with E-state index >= 15 is 0 Å². The summed E-state index contributed by atoms with van der Waals surface area (Å²) in [5, 5.41) is 20.6. The molecule has 122 valence electrons. The summed E-state index contributed by atoms with van der Waals surface area (Å²) < 4.78 is 0. The van der Waals surface area contributed by atoms with Gasteiger partial charge in [-0.1, -0.05) is 36.4 Å². The fourth-order valence-electron chi connectivity index (χ4n) is 2.62. The number of benzene rings is 2. The molecule has 1 aliphatic rings. The van der Waals surface area contributed by atoms with Crippen molar-refractivity contribution >= 4 is 12.4 Å². The summed E-state index contributed by atoms with van der Waals surface area (Å²) in [6.45, 7) is 1.06. The highest BCUT2D eigenvalue weighted by Gasteiger charge is 2.06. The number of aromatic hydroxyl groups is 2. The second-order valence-corrected chi connectivity index (χ2v) is 5.66. The third kappa shape index (κ3) is 3.71. The zero-order chi connectivity index (χ0) is 16.8. The minimum atomic E-state index is 0.270. The highest BCUT2D eigenvalue weighted by molar-refractivity contribution is 5.85. The van der Waals surface area contributed by atoms with Crippen LogP contribution in [0.1, 0.15) is 22.3 Å². The third-order valence-corrected chi connectivity index (χ3v) is 3.96. The summed E-state index contributed by atoms with van der Waals surface area (Å²) in [7, 11) is 0. The van der Waals surface area contributed by atoms with Crippen molar-refractivity contribution in [2.75, 3.05) is 13.1 Å². The van der Waals surface area contributed by atoms with Crippen LogP contribution in [0.3, 0.4) is 0 Å². The Morgan fingerprint density at radius 1 is 0.667 bits per heavy atom. The largest absolute Gasteiger partial charge is 0.507 e. The number of rotatable bonds is 0. The van der Waals surface area contributed by atoms with Gasteiger partial charge in [0, 0.05) is 23.6 Å². The summed E-state index contributed by atoms with van der Waals surface area (Å²) in [4.78, 5) is 8.62. The maximum absolute atomic E-state index is 10.3. The fraction of sp³-hybridized carbons (Fsp3) is 0.200. The van der Waals surface area contributed by atoms with E-state index in [0.717, 1.165) is 22.3 Å². The van der Waals surface area contributed by atoms with E-state index in [0.29, 0.717) is 25.9 Å². The number of nitrogens with zero attached hydrogens (tertiary/aromatic N) is 2. The Kier molecular flexibility index (Phi) is 5.06. The first-order chi connectivity index (χ1) is 11.8. The molecule has 0 aliphatic carbocycles. The fourth-order valence-corrected chi connectivity index (χ4v) is 2.62. The number of hydrogen-bond donors (Lipinski definition) is 2. The molecular formula is C20H20N2O2. The van der Waals surface area contributed by atoms with E-state index in [9.17, 15) is 10.2 Å². The minimum Gasteiger partial charge on any atom is -0.507 e. The topological polar surface area (TPSA) is 65.2 Å². The summed E-state index contributed by atoms with van der Waals surface area (Å²) in [6, 6.07) is 11.3. The molecule has 4 heteroatoms. The zero-order valence-electron chi connectivity index (χ0n) is 13.4. The molecule has 2 aromatic carbocycles. The maximum atomic E-state index is 10.3. The predicted molar refractivity (Wildman–Crippen MR) is 97.7 cm³/mol. The van der Waals surface area contributed by atoms with Crippen LogP contribution in [-0.2, 0) is 12.8 Å². The van der Waals surface area contributed by atoms with Crippen molar-refractivity contribution < 1.29 is 10.2 Å². The van der Waals surface area contributed by atoms with E-state index in [1.54, 1.807) is 12.4 Å². The van der Waals surface area contributed by atoms with Crippen LogP contribution >= 0.6 is 0 Å². The Labute approximate surface area is 141 Å². The van der Waals surface area contributed by atoms with Crippen LogP contribution in [0.25, 0.3) is 0 Å². The van der Waals surface area contributed by atoms with Gasteiger partial charge in [-0.05, 0) is 36.1 Å². The first-order valence-corrected chi connectivity index (χ1v) is 8.02. The number of hydrogen-bond acceptors (Lipinski definition) is 4. The maximum Gasteiger partial charge on any atom is 0.127 e. The third-order valence-electron chi connectivity index (χ3n) is 3.96. The molecule has 0 saturated heterocycles. The molecule has 1 aliphatic heterocycles. The van der Waals surface area contributed by atoms with Gasteiger partial charge in [0.2, 0.25) is 0 Å². The molecule has 0 amide bonds. The average Bonchev–Trinajstić information content (AvgIpc) is 2.59. The van der Waals surface area contributed by atoms with Crippen LogP contribution < -0.4 is 0 Å². The van der Waals surface area contributed by atoms with Crippen LogP contribution in [0, 0.1) is 0 Å². The quantitative estimate of drug-likeness (QED) is 0.732. The lowest BCUT2D eigenvalue weighted by molar-refractivity contribution is 0.468. The summed E-state index contributed by atoms with van der Waals surface area (Å²) in [6.07, 6.45) is 8.64. The van der Waals surface area contributed by atoms with Crippen LogP contribution in [0.5, 0.6) is 11.5 Å². The first kappa shape index (κ1) is 16.0. The van der Waals surface area contributed by atoms with Gasteiger partial charge in [-0.3, -0.25) is 9.98 Å². The number of aliphatic imine (C=N–C) groups is 2. The normalized spacial score (nSPS) is 14.7. The Morgan fingerprint density at radius 2 is 1.12 bits per heavy atom. The van der Waals surface area contributed by atoms with Gasteiger partial charge in [0.05, 0.1) is 13.1 Å². The summed E-state index contributed by atoms with van der Waals surface area (Å²) >= 11 is 0. The van der Waals surface area contributed by atoms with E-state index in [1.807, 2.05) is 48.6 Å². The number of phenols is 2. The number of para-hydroxylation sites is 2. The Balaban J connectivity index is 1.92. The molecule has 1 heterocycles. The average molecular weight is 320 g/mol. The van der Waals surface area contributed by atoms with Crippen LogP contribution in [0.2, 0.25) is 0 Å². The van der Waals surface area contributed by atoms with Crippen LogP contribution in [0.15, 0.2) is 58.5 Å². The lowest BCUT2D eigenvalue weighted by Gasteiger charge is -2.06. The molecule has 0 radical (unpaired) electrons. The lowest BCUT2D eigenvalue weighted by atomic mass is 10.0. The monoisotopic (exact) mass is 320 g/mol. The van der Waals surface area contributed by atoms with Crippen molar-refractivity contribution in [3.63, 3.8) is 0 Å². The lowest BCUT2D eigenvalue weighted by Crippen LogP contribution is -1.94. The van der Waals surface area contributed by atoms with E-state index in [1.165, 1.54) is 0 Å². The van der Waals surface area contributed by atoms with Gasteiger partial charge < -0.3 is 10.2 Å². The van der Waals surface area contributed by atoms with Gasteiger partial charge in [0.1, 0.15) is 11.5 Å². The smallest absolute Gasteiger partial charge is 0.127 e. The second-order valence-electron chi connectivity index (χ2n) is 5.66. The first-order valence-electron chi connectivity index (χ1n) is 8.02. The van der Waals surface area contributed by atoms with Gasteiger partial charge in [0.15, 0.2) is 0 Å². The van der Waals surface area contributed by atoms with Gasteiger partial charge >= 0.3 is 0 Å². The molecule has 0 spiro atoms. The van der Waals surface area contributed by atoms with E-state index in [-0.39, 0.29) is 11.5 Å². The molecule has 0 saturated carbocycles. The van der Waals surface area contributed by atoms with Crippen LogP contribution in [0.4, 0.5) is 0 Å². The molecule has 2 aromatic rings. The Bertz CT molecular complexity index is 740. The molecule has 3 rings (SSSR count). The molecule has 0 unspecified atom stereocenters. The van der Waals surface area contributed by atoms with Crippen LogP contribution in [-0.4, -0.2) is 35.7 Å². The van der Waals surface area contributed by atoms with Crippen molar-refractivity contribution in [2.24, 2.45) is 9.98 Å². The highest BCUT2D eigenvalue weighted by Crippen LogP contribution is 2.24. The molecule has 4 nitrogen and oxygen atoms in total. The van der Waals surface area contributed by atoms with Crippen molar-refractivity contribution in [2.45, 2.75) is 12.8 Å². The molecule has 2 N–H and O–H groups in total. The molecule has 4 bridgehead atoms. The van der Waals surface area contributed by atoms with Crippen molar-refractivity contribution in [1.29, 1.82) is 0 Å². The molecular weight excluding hydrogens is 300 g/mol. The minimum absolute atomic E-state index is 0.270. The summed E-state index contributed by atoms with van der Waals surface area (Å²) in [5.41, 5.74) is 3.16. The van der Waals surface area contributed by atoms with Crippen molar-refractivity contribution in [3.05, 3.63) is 70.8 Å². The number of allylic oxidation sites excluding steroid dienone is 2. The van der Waals surface area contributed by atoms with Crippen molar-refractivity contribution in [1.82, 2.24) is 0 Å². The number of phenolic OH excluding ortho intramolecular Hbond substituents is 2. The van der Waals surface area contributed by atoms with Gasteiger partial charge in [-0.25, -0.2) is 0 Å². The summed E-state index contributed by atoms with van der Waals surface area (Å²) in [5.74, 6) is 0.540. The molecule has 0 aromatic heterocycles. The Hall–Kier alpha value is -2.88. The predicted octanol–water partition coefficient (Wildman–Crippen LogP) is 3.29. The number of fused-ring (bicyclic) bond motifs is 4. The molecule has 0 fully saturated rings.